The van der Waals surface area contributed by atoms with E-state index in [0.29, 0.717) is 6.54 Å². The number of fused-ring (bicyclic) bond motifs is 1. The standard InChI is InChI=1S/C16H21N3O2/c1-11-15(18-14-7-5-4-6-13(14)17-11)19-8-12(9-20)21-16(2,3)10-19/h4-7,12,20H,8-10H2,1-3H3. The summed E-state index contributed by atoms with van der Waals surface area (Å²) in [6.45, 7) is 7.42. The summed E-state index contributed by atoms with van der Waals surface area (Å²) in [4.78, 5) is 11.6. The predicted molar refractivity (Wildman–Crippen MR) is 82.5 cm³/mol. The van der Waals surface area contributed by atoms with Crippen molar-refractivity contribution < 1.29 is 9.84 Å². The fourth-order valence-electron chi connectivity index (χ4n) is 2.93. The number of aromatic nitrogens is 2. The molecule has 1 aromatic carbocycles. The number of para-hydroxylation sites is 2. The third-order valence-corrected chi connectivity index (χ3v) is 3.70. The summed E-state index contributed by atoms with van der Waals surface area (Å²) in [6.07, 6.45) is -0.193. The minimum Gasteiger partial charge on any atom is -0.394 e. The van der Waals surface area contributed by atoms with E-state index in [9.17, 15) is 5.11 Å². The van der Waals surface area contributed by atoms with Crippen LogP contribution >= 0.6 is 0 Å². The van der Waals surface area contributed by atoms with Crippen LogP contribution in [0.2, 0.25) is 0 Å². The lowest BCUT2D eigenvalue weighted by atomic mass is 10.1. The van der Waals surface area contributed by atoms with E-state index in [-0.39, 0.29) is 18.3 Å². The van der Waals surface area contributed by atoms with Crippen LogP contribution in [0, 0.1) is 6.92 Å². The maximum Gasteiger partial charge on any atom is 0.150 e. The van der Waals surface area contributed by atoms with Gasteiger partial charge in [0.15, 0.2) is 5.82 Å². The number of aryl methyl sites for hydroxylation is 1. The van der Waals surface area contributed by atoms with Gasteiger partial charge in [-0.25, -0.2) is 9.97 Å². The number of ether oxygens (including phenoxy) is 1. The van der Waals surface area contributed by atoms with E-state index in [1.807, 2.05) is 45.0 Å². The van der Waals surface area contributed by atoms with Crippen molar-refractivity contribution in [1.82, 2.24) is 9.97 Å². The quantitative estimate of drug-likeness (QED) is 0.914. The van der Waals surface area contributed by atoms with E-state index >= 15 is 0 Å². The number of rotatable bonds is 2. The van der Waals surface area contributed by atoms with Gasteiger partial charge < -0.3 is 14.7 Å². The van der Waals surface area contributed by atoms with Crippen LogP contribution < -0.4 is 4.90 Å². The highest BCUT2D eigenvalue weighted by Crippen LogP contribution is 2.27. The molecule has 1 aliphatic rings. The Morgan fingerprint density at radius 2 is 1.95 bits per heavy atom. The molecule has 0 aliphatic carbocycles. The van der Waals surface area contributed by atoms with Gasteiger partial charge in [0.2, 0.25) is 0 Å². The molecule has 1 fully saturated rings. The van der Waals surface area contributed by atoms with E-state index in [0.717, 1.165) is 29.1 Å². The van der Waals surface area contributed by atoms with E-state index in [2.05, 4.69) is 9.88 Å². The molecule has 1 atom stereocenters. The van der Waals surface area contributed by atoms with E-state index in [1.165, 1.54) is 0 Å². The Balaban J connectivity index is 2.00. The molecule has 0 bridgehead atoms. The van der Waals surface area contributed by atoms with Crippen molar-refractivity contribution in [1.29, 1.82) is 0 Å². The van der Waals surface area contributed by atoms with E-state index in [4.69, 9.17) is 9.72 Å². The summed E-state index contributed by atoms with van der Waals surface area (Å²) >= 11 is 0. The van der Waals surface area contributed by atoms with Gasteiger partial charge in [0.05, 0.1) is 35.0 Å². The van der Waals surface area contributed by atoms with Crippen molar-refractivity contribution in [2.75, 3.05) is 24.6 Å². The first-order valence-corrected chi connectivity index (χ1v) is 7.25. The van der Waals surface area contributed by atoms with Crippen LogP contribution in [-0.2, 0) is 4.74 Å². The fraction of sp³-hybridized carbons (Fsp3) is 0.500. The first kappa shape index (κ1) is 14.2. The number of anilines is 1. The van der Waals surface area contributed by atoms with Crippen LogP contribution in [0.4, 0.5) is 5.82 Å². The van der Waals surface area contributed by atoms with Gasteiger partial charge in [0.25, 0.3) is 0 Å². The Kier molecular flexibility index (Phi) is 3.55. The summed E-state index contributed by atoms with van der Waals surface area (Å²) in [6, 6.07) is 7.88. The van der Waals surface area contributed by atoms with Crippen molar-refractivity contribution in [3.63, 3.8) is 0 Å². The van der Waals surface area contributed by atoms with Gasteiger partial charge in [0, 0.05) is 13.1 Å². The van der Waals surface area contributed by atoms with Crippen molar-refractivity contribution in [3.05, 3.63) is 30.0 Å². The summed E-state index contributed by atoms with van der Waals surface area (Å²) in [5.74, 6) is 0.878. The second-order valence-corrected chi connectivity index (χ2v) is 6.18. The zero-order valence-corrected chi connectivity index (χ0v) is 12.7. The molecular formula is C16H21N3O2. The highest BCUT2D eigenvalue weighted by molar-refractivity contribution is 5.76. The molecule has 5 nitrogen and oxygen atoms in total. The largest absolute Gasteiger partial charge is 0.394 e. The van der Waals surface area contributed by atoms with Gasteiger partial charge in [-0.15, -0.1) is 0 Å². The molecule has 1 aliphatic heterocycles. The normalized spacial score (nSPS) is 21.7. The van der Waals surface area contributed by atoms with E-state index < -0.39 is 0 Å². The van der Waals surface area contributed by atoms with Crippen LogP contribution in [0.25, 0.3) is 11.0 Å². The molecule has 1 saturated heterocycles. The molecule has 5 heteroatoms. The lowest BCUT2D eigenvalue weighted by Gasteiger charge is -2.43. The minimum absolute atomic E-state index is 0.0139. The average molecular weight is 287 g/mol. The summed E-state index contributed by atoms with van der Waals surface area (Å²) in [5, 5.41) is 9.44. The molecule has 0 saturated carbocycles. The second kappa shape index (κ2) is 5.24. The molecule has 1 unspecified atom stereocenters. The molecule has 0 spiro atoms. The molecule has 2 aromatic rings. The Labute approximate surface area is 124 Å². The monoisotopic (exact) mass is 287 g/mol. The summed E-state index contributed by atoms with van der Waals surface area (Å²) < 4.78 is 5.86. The lowest BCUT2D eigenvalue weighted by molar-refractivity contribution is -0.101. The van der Waals surface area contributed by atoms with Crippen LogP contribution in [0.3, 0.4) is 0 Å². The zero-order chi connectivity index (χ0) is 15.0. The number of aliphatic hydroxyl groups excluding tert-OH is 1. The number of benzene rings is 1. The predicted octanol–water partition coefficient (Wildman–Crippen LogP) is 1.91. The number of hydrogen-bond donors (Lipinski definition) is 1. The smallest absolute Gasteiger partial charge is 0.150 e. The number of nitrogens with zero attached hydrogens (tertiary/aromatic N) is 3. The molecule has 3 rings (SSSR count). The lowest BCUT2D eigenvalue weighted by Crippen LogP contribution is -2.54. The Hall–Kier alpha value is -1.72. The number of morpholine rings is 1. The molecule has 2 heterocycles. The number of aliphatic hydroxyl groups is 1. The van der Waals surface area contributed by atoms with Gasteiger partial charge in [-0.1, -0.05) is 12.1 Å². The van der Waals surface area contributed by atoms with Gasteiger partial charge in [-0.05, 0) is 32.9 Å². The minimum atomic E-state index is -0.314. The van der Waals surface area contributed by atoms with Crippen molar-refractivity contribution in [2.45, 2.75) is 32.5 Å². The van der Waals surface area contributed by atoms with Gasteiger partial charge in [0.1, 0.15) is 0 Å². The molecule has 1 N–H and O–H groups in total. The molecule has 21 heavy (non-hydrogen) atoms. The van der Waals surface area contributed by atoms with Crippen molar-refractivity contribution >= 4 is 16.9 Å². The van der Waals surface area contributed by atoms with Gasteiger partial charge in [-0.3, -0.25) is 0 Å². The third kappa shape index (κ3) is 2.84. The fourth-order valence-corrected chi connectivity index (χ4v) is 2.93. The highest BCUT2D eigenvalue weighted by atomic mass is 16.5. The number of hydrogen-bond acceptors (Lipinski definition) is 5. The van der Waals surface area contributed by atoms with Crippen LogP contribution in [0.5, 0.6) is 0 Å². The topological polar surface area (TPSA) is 58.5 Å². The third-order valence-electron chi connectivity index (χ3n) is 3.70. The van der Waals surface area contributed by atoms with Crippen LogP contribution in [-0.4, -0.2) is 46.5 Å². The maximum absolute atomic E-state index is 9.44. The average Bonchev–Trinajstić information content (AvgIpc) is 2.44. The molecular weight excluding hydrogens is 266 g/mol. The first-order valence-electron chi connectivity index (χ1n) is 7.25. The second-order valence-electron chi connectivity index (χ2n) is 6.18. The highest BCUT2D eigenvalue weighted by Gasteiger charge is 2.34. The maximum atomic E-state index is 9.44. The summed E-state index contributed by atoms with van der Waals surface area (Å²) in [5.41, 5.74) is 2.39. The first-order chi connectivity index (χ1) is 9.98. The van der Waals surface area contributed by atoms with E-state index in [1.54, 1.807) is 0 Å². The SMILES string of the molecule is Cc1nc2ccccc2nc1N1CC(CO)OC(C)(C)C1. The Morgan fingerprint density at radius 3 is 2.62 bits per heavy atom. The molecule has 1 aromatic heterocycles. The van der Waals surface area contributed by atoms with Crippen LogP contribution in [0.15, 0.2) is 24.3 Å². The van der Waals surface area contributed by atoms with Gasteiger partial charge in [-0.2, -0.15) is 0 Å². The Bertz CT molecular complexity index is 657. The Morgan fingerprint density at radius 1 is 1.29 bits per heavy atom. The zero-order valence-electron chi connectivity index (χ0n) is 12.7. The molecule has 0 radical (unpaired) electrons. The molecule has 0 amide bonds. The van der Waals surface area contributed by atoms with Crippen LogP contribution in [0.1, 0.15) is 19.5 Å². The van der Waals surface area contributed by atoms with Gasteiger partial charge >= 0.3 is 0 Å². The molecule has 112 valence electrons. The van der Waals surface area contributed by atoms with Crippen molar-refractivity contribution in [2.24, 2.45) is 0 Å². The summed E-state index contributed by atoms with van der Waals surface area (Å²) in [7, 11) is 0. The van der Waals surface area contributed by atoms with Crippen molar-refractivity contribution in [3.8, 4) is 0 Å².